The second-order valence-corrected chi connectivity index (χ2v) is 5.62. The normalized spacial score (nSPS) is 14.9. The molecule has 1 nitrogen and oxygen atoms in total. The molecule has 0 spiro atoms. The zero-order valence-electron chi connectivity index (χ0n) is 11.2. The molecule has 0 amide bonds. The number of fused-ring (bicyclic) bond motifs is 1. The molecule has 3 rings (SSSR count). The van der Waals surface area contributed by atoms with Gasteiger partial charge in [0.15, 0.2) is 0 Å². The van der Waals surface area contributed by atoms with Gasteiger partial charge >= 0.3 is 0 Å². The van der Waals surface area contributed by atoms with Gasteiger partial charge < -0.3 is 4.74 Å². The van der Waals surface area contributed by atoms with Gasteiger partial charge in [-0.3, -0.25) is 0 Å². The lowest BCUT2D eigenvalue weighted by Gasteiger charge is -2.14. The zero-order chi connectivity index (χ0) is 13.4. The Bertz CT molecular complexity index is 619. The summed E-state index contributed by atoms with van der Waals surface area (Å²) in [6, 6.07) is 12.7. The van der Waals surface area contributed by atoms with Gasteiger partial charge in [-0.15, -0.1) is 11.6 Å². The molecule has 0 N–H and O–H groups in total. The van der Waals surface area contributed by atoms with Crippen LogP contribution in [0, 0.1) is 13.8 Å². The van der Waals surface area contributed by atoms with E-state index >= 15 is 0 Å². The van der Waals surface area contributed by atoms with Crippen LogP contribution in [0.1, 0.15) is 33.2 Å². The number of rotatable bonds is 2. The second-order valence-electron chi connectivity index (χ2n) is 5.19. The van der Waals surface area contributed by atoms with E-state index < -0.39 is 0 Å². The SMILES string of the molecule is Cc1ccc(C(Cl)c2ccc3c(c2)CCO3)c(C)c1. The van der Waals surface area contributed by atoms with Crippen LogP contribution in [-0.4, -0.2) is 6.61 Å². The molecule has 1 aliphatic rings. The largest absolute Gasteiger partial charge is 0.493 e. The summed E-state index contributed by atoms with van der Waals surface area (Å²) in [5.41, 5.74) is 6.13. The lowest BCUT2D eigenvalue weighted by atomic mass is 9.97. The molecular formula is C17H17ClO. The number of benzene rings is 2. The van der Waals surface area contributed by atoms with E-state index in [1.54, 1.807) is 0 Å². The highest BCUT2D eigenvalue weighted by molar-refractivity contribution is 6.22. The van der Waals surface area contributed by atoms with Crippen molar-refractivity contribution >= 4 is 11.6 Å². The van der Waals surface area contributed by atoms with Gasteiger partial charge in [-0.05, 0) is 42.2 Å². The summed E-state index contributed by atoms with van der Waals surface area (Å²) in [7, 11) is 0. The Morgan fingerprint density at radius 3 is 2.74 bits per heavy atom. The maximum absolute atomic E-state index is 6.65. The molecule has 0 saturated carbocycles. The predicted molar refractivity (Wildman–Crippen MR) is 79.3 cm³/mol. The van der Waals surface area contributed by atoms with Gasteiger partial charge in [0.05, 0.1) is 12.0 Å². The van der Waals surface area contributed by atoms with Crippen molar-refractivity contribution in [3.8, 4) is 5.75 Å². The third-order valence-corrected chi connectivity index (χ3v) is 4.19. The zero-order valence-corrected chi connectivity index (χ0v) is 12.0. The Kier molecular flexibility index (Phi) is 3.24. The Hall–Kier alpha value is -1.47. The van der Waals surface area contributed by atoms with Crippen molar-refractivity contribution in [1.82, 2.24) is 0 Å². The minimum absolute atomic E-state index is 0.0912. The molecule has 1 heterocycles. The van der Waals surface area contributed by atoms with Gasteiger partial charge in [0.2, 0.25) is 0 Å². The number of aryl methyl sites for hydroxylation is 2. The van der Waals surface area contributed by atoms with Crippen LogP contribution in [0.2, 0.25) is 0 Å². The first-order valence-electron chi connectivity index (χ1n) is 6.62. The van der Waals surface area contributed by atoms with E-state index in [-0.39, 0.29) is 5.38 Å². The van der Waals surface area contributed by atoms with E-state index in [1.165, 1.54) is 22.3 Å². The minimum Gasteiger partial charge on any atom is -0.493 e. The van der Waals surface area contributed by atoms with Crippen molar-refractivity contribution in [2.24, 2.45) is 0 Å². The van der Waals surface area contributed by atoms with Crippen LogP contribution in [0.5, 0.6) is 5.75 Å². The summed E-state index contributed by atoms with van der Waals surface area (Å²) in [4.78, 5) is 0. The van der Waals surface area contributed by atoms with Crippen molar-refractivity contribution < 1.29 is 4.74 Å². The molecule has 0 radical (unpaired) electrons. The molecule has 2 aromatic rings. The fourth-order valence-electron chi connectivity index (χ4n) is 2.65. The molecule has 1 unspecified atom stereocenters. The van der Waals surface area contributed by atoms with E-state index in [4.69, 9.17) is 16.3 Å². The summed E-state index contributed by atoms with van der Waals surface area (Å²) >= 11 is 6.65. The van der Waals surface area contributed by atoms with Crippen molar-refractivity contribution in [3.05, 3.63) is 64.2 Å². The Labute approximate surface area is 119 Å². The Morgan fingerprint density at radius 2 is 1.95 bits per heavy atom. The van der Waals surface area contributed by atoms with Crippen LogP contribution in [0.3, 0.4) is 0 Å². The van der Waals surface area contributed by atoms with Crippen LogP contribution >= 0.6 is 11.6 Å². The van der Waals surface area contributed by atoms with Crippen molar-refractivity contribution in [2.75, 3.05) is 6.61 Å². The molecule has 0 aliphatic carbocycles. The van der Waals surface area contributed by atoms with E-state index in [1.807, 2.05) is 6.07 Å². The van der Waals surface area contributed by atoms with Gasteiger partial charge in [0.1, 0.15) is 5.75 Å². The highest BCUT2D eigenvalue weighted by atomic mass is 35.5. The molecule has 0 bridgehead atoms. The second kappa shape index (κ2) is 4.90. The summed E-state index contributed by atoms with van der Waals surface area (Å²) in [5, 5.41) is -0.0912. The first-order chi connectivity index (χ1) is 9.15. The van der Waals surface area contributed by atoms with E-state index in [0.717, 1.165) is 24.3 Å². The van der Waals surface area contributed by atoms with Gasteiger partial charge in [-0.25, -0.2) is 0 Å². The van der Waals surface area contributed by atoms with Crippen LogP contribution in [0.25, 0.3) is 0 Å². The summed E-state index contributed by atoms with van der Waals surface area (Å²) in [5.74, 6) is 1.01. The van der Waals surface area contributed by atoms with Crippen LogP contribution < -0.4 is 4.74 Å². The van der Waals surface area contributed by atoms with Crippen molar-refractivity contribution in [2.45, 2.75) is 25.6 Å². The average molecular weight is 273 g/mol. The number of hydrogen-bond acceptors (Lipinski definition) is 1. The van der Waals surface area contributed by atoms with E-state index in [0.29, 0.717) is 0 Å². The number of alkyl halides is 1. The molecule has 0 saturated heterocycles. The molecule has 2 heteroatoms. The summed E-state index contributed by atoms with van der Waals surface area (Å²) in [6.07, 6.45) is 0.986. The fraction of sp³-hybridized carbons (Fsp3) is 0.294. The summed E-state index contributed by atoms with van der Waals surface area (Å²) in [6.45, 7) is 5.01. The predicted octanol–water partition coefficient (Wildman–Crippen LogP) is 4.57. The average Bonchev–Trinajstić information content (AvgIpc) is 2.85. The molecule has 0 fully saturated rings. The molecular weight excluding hydrogens is 256 g/mol. The number of hydrogen-bond donors (Lipinski definition) is 0. The lowest BCUT2D eigenvalue weighted by Crippen LogP contribution is -1.97. The smallest absolute Gasteiger partial charge is 0.122 e. The first kappa shape index (κ1) is 12.6. The van der Waals surface area contributed by atoms with Gasteiger partial charge in [-0.1, -0.05) is 35.9 Å². The Balaban J connectivity index is 1.97. The van der Waals surface area contributed by atoms with E-state index in [2.05, 4.69) is 44.2 Å². The monoisotopic (exact) mass is 272 g/mol. The molecule has 0 aromatic heterocycles. The number of ether oxygens (including phenoxy) is 1. The lowest BCUT2D eigenvalue weighted by molar-refractivity contribution is 0.357. The quantitative estimate of drug-likeness (QED) is 0.728. The maximum atomic E-state index is 6.65. The van der Waals surface area contributed by atoms with Crippen molar-refractivity contribution in [3.63, 3.8) is 0 Å². The molecule has 98 valence electrons. The fourth-order valence-corrected chi connectivity index (χ4v) is 3.03. The highest BCUT2D eigenvalue weighted by Gasteiger charge is 2.17. The first-order valence-corrected chi connectivity index (χ1v) is 7.05. The van der Waals surface area contributed by atoms with Gasteiger partial charge in [0, 0.05) is 6.42 Å². The topological polar surface area (TPSA) is 9.23 Å². The molecule has 1 aliphatic heterocycles. The van der Waals surface area contributed by atoms with Crippen LogP contribution in [-0.2, 0) is 6.42 Å². The third kappa shape index (κ3) is 2.35. The Morgan fingerprint density at radius 1 is 1.11 bits per heavy atom. The maximum Gasteiger partial charge on any atom is 0.122 e. The van der Waals surface area contributed by atoms with Gasteiger partial charge in [0.25, 0.3) is 0 Å². The van der Waals surface area contributed by atoms with Crippen molar-refractivity contribution in [1.29, 1.82) is 0 Å². The minimum atomic E-state index is -0.0912. The molecule has 2 aromatic carbocycles. The number of halogens is 1. The molecule has 1 atom stereocenters. The third-order valence-electron chi connectivity index (χ3n) is 3.70. The standard InChI is InChI=1S/C17H17ClO/c1-11-3-5-15(12(2)9-11)17(18)14-4-6-16-13(10-14)7-8-19-16/h3-6,9-10,17H,7-8H2,1-2H3. The van der Waals surface area contributed by atoms with E-state index in [9.17, 15) is 0 Å². The summed E-state index contributed by atoms with van der Waals surface area (Å²) < 4.78 is 5.54. The van der Waals surface area contributed by atoms with Crippen LogP contribution in [0.15, 0.2) is 36.4 Å². The molecule has 19 heavy (non-hydrogen) atoms. The van der Waals surface area contributed by atoms with Gasteiger partial charge in [-0.2, -0.15) is 0 Å². The van der Waals surface area contributed by atoms with Crippen LogP contribution in [0.4, 0.5) is 0 Å². The highest BCUT2D eigenvalue weighted by Crippen LogP contribution is 2.35.